The molecule has 1 unspecified atom stereocenters. The summed E-state index contributed by atoms with van der Waals surface area (Å²) in [6.45, 7) is 4.57. The van der Waals surface area contributed by atoms with Gasteiger partial charge in [0.25, 0.3) is 0 Å². The minimum absolute atomic E-state index is 0. The maximum Gasteiger partial charge on any atom is 0.127 e. The minimum atomic E-state index is 0. The number of nitrogens with one attached hydrogen (secondary N) is 1. The van der Waals surface area contributed by atoms with Crippen LogP contribution in [0.5, 0.6) is 0 Å². The smallest absolute Gasteiger partial charge is 0.127 e. The molecule has 0 saturated carbocycles. The molecule has 1 aromatic carbocycles. The van der Waals surface area contributed by atoms with Crippen LogP contribution in [0.3, 0.4) is 0 Å². The lowest BCUT2D eigenvalue weighted by Crippen LogP contribution is -2.40. The van der Waals surface area contributed by atoms with Crippen LogP contribution in [0.4, 0.5) is 0 Å². The Balaban J connectivity index is 0.00000169. The predicted octanol–water partition coefficient (Wildman–Crippen LogP) is 3.26. The van der Waals surface area contributed by atoms with Crippen molar-refractivity contribution in [1.82, 2.24) is 19.8 Å². The SMILES string of the molecule is Cl.c1ccc(-n2ccnc2CN2CCC(C3CCCN3)CC2)cc1. The van der Waals surface area contributed by atoms with Crippen LogP contribution < -0.4 is 5.32 Å². The van der Waals surface area contributed by atoms with Gasteiger partial charge in [-0.2, -0.15) is 0 Å². The lowest BCUT2D eigenvalue weighted by Gasteiger charge is -2.34. The van der Waals surface area contributed by atoms with Gasteiger partial charge in [-0.3, -0.25) is 4.90 Å². The summed E-state index contributed by atoms with van der Waals surface area (Å²) in [6, 6.07) is 11.3. The molecule has 0 amide bonds. The van der Waals surface area contributed by atoms with Crippen molar-refractivity contribution in [1.29, 1.82) is 0 Å². The van der Waals surface area contributed by atoms with E-state index in [2.05, 4.69) is 56.3 Å². The number of halogens is 1. The molecule has 2 aromatic rings. The number of aromatic nitrogens is 2. The average molecular weight is 347 g/mol. The summed E-state index contributed by atoms with van der Waals surface area (Å²) in [5, 5.41) is 3.68. The zero-order valence-electron chi connectivity index (χ0n) is 14.1. The van der Waals surface area contributed by atoms with E-state index in [4.69, 9.17) is 0 Å². The van der Waals surface area contributed by atoms with Crippen molar-refractivity contribution in [3.05, 3.63) is 48.5 Å². The van der Waals surface area contributed by atoms with Gasteiger partial charge in [0.2, 0.25) is 0 Å². The summed E-state index contributed by atoms with van der Waals surface area (Å²) >= 11 is 0. The molecule has 130 valence electrons. The number of hydrogen-bond donors (Lipinski definition) is 1. The van der Waals surface area contributed by atoms with Crippen LogP contribution in [-0.2, 0) is 6.54 Å². The zero-order valence-corrected chi connectivity index (χ0v) is 14.9. The molecule has 2 aliphatic rings. The van der Waals surface area contributed by atoms with Gasteiger partial charge >= 0.3 is 0 Å². The van der Waals surface area contributed by atoms with Crippen molar-refractivity contribution in [2.45, 2.75) is 38.3 Å². The van der Waals surface area contributed by atoms with E-state index in [9.17, 15) is 0 Å². The first kappa shape index (κ1) is 17.5. The van der Waals surface area contributed by atoms with Gasteiger partial charge < -0.3 is 9.88 Å². The van der Waals surface area contributed by atoms with Crippen LogP contribution in [0.25, 0.3) is 5.69 Å². The predicted molar refractivity (Wildman–Crippen MR) is 99.8 cm³/mol. The third-order valence-corrected chi connectivity index (χ3v) is 5.42. The monoisotopic (exact) mass is 346 g/mol. The molecule has 1 atom stereocenters. The number of likely N-dealkylation sites (tertiary alicyclic amines) is 1. The normalized spacial score (nSPS) is 22.4. The maximum atomic E-state index is 4.59. The lowest BCUT2D eigenvalue weighted by molar-refractivity contribution is 0.154. The zero-order chi connectivity index (χ0) is 15.5. The average Bonchev–Trinajstić information content (AvgIpc) is 3.28. The second kappa shape index (κ2) is 8.15. The highest BCUT2D eigenvalue weighted by molar-refractivity contribution is 5.85. The van der Waals surface area contributed by atoms with Gasteiger partial charge in [0.1, 0.15) is 5.82 Å². The molecule has 0 radical (unpaired) electrons. The van der Waals surface area contributed by atoms with Gasteiger partial charge in [-0.05, 0) is 63.4 Å². The molecule has 2 saturated heterocycles. The first-order valence-corrected chi connectivity index (χ1v) is 8.93. The topological polar surface area (TPSA) is 33.1 Å². The van der Waals surface area contributed by atoms with Crippen molar-refractivity contribution in [2.24, 2.45) is 5.92 Å². The molecule has 1 aromatic heterocycles. The maximum absolute atomic E-state index is 4.59. The number of benzene rings is 1. The highest BCUT2D eigenvalue weighted by Gasteiger charge is 2.28. The number of hydrogen-bond acceptors (Lipinski definition) is 3. The van der Waals surface area contributed by atoms with Crippen molar-refractivity contribution < 1.29 is 0 Å². The molecule has 4 nitrogen and oxygen atoms in total. The second-order valence-electron chi connectivity index (χ2n) is 6.87. The summed E-state index contributed by atoms with van der Waals surface area (Å²) in [6.07, 6.45) is 9.37. The summed E-state index contributed by atoms with van der Waals surface area (Å²) in [7, 11) is 0. The van der Waals surface area contributed by atoms with E-state index in [-0.39, 0.29) is 12.4 Å². The van der Waals surface area contributed by atoms with Gasteiger partial charge in [-0.25, -0.2) is 4.98 Å². The van der Waals surface area contributed by atoms with Crippen molar-refractivity contribution in [3.8, 4) is 5.69 Å². The van der Waals surface area contributed by atoms with Crippen molar-refractivity contribution in [2.75, 3.05) is 19.6 Å². The molecule has 24 heavy (non-hydrogen) atoms. The Labute approximate surface area is 150 Å². The third-order valence-electron chi connectivity index (χ3n) is 5.42. The Kier molecular flexibility index (Phi) is 5.93. The molecule has 2 fully saturated rings. The third kappa shape index (κ3) is 3.82. The fraction of sp³-hybridized carbons (Fsp3) is 0.526. The standard InChI is InChI=1S/C19H26N4.ClH/c1-2-5-17(6-3-1)23-14-11-21-19(23)15-22-12-8-16(9-13-22)18-7-4-10-20-18;/h1-3,5-6,11,14,16,18,20H,4,7-10,12-13,15H2;1H. The first-order chi connectivity index (χ1) is 11.4. The largest absolute Gasteiger partial charge is 0.314 e. The fourth-order valence-corrected chi connectivity index (χ4v) is 4.10. The highest BCUT2D eigenvalue weighted by Crippen LogP contribution is 2.26. The molecule has 0 bridgehead atoms. The second-order valence-corrected chi connectivity index (χ2v) is 6.87. The van der Waals surface area contributed by atoms with Crippen molar-refractivity contribution >= 4 is 12.4 Å². The van der Waals surface area contributed by atoms with E-state index >= 15 is 0 Å². The Morgan fingerprint density at radius 2 is 1.88 bits per heavy atom. The lowest BCUT2D eigenvalue weighted by atomic mass is 9.88. The number of piperidine rings is 1. The Bertz CT molecular complexity index is 613. The van der Waals surface area contributed by atoms with Crippen LogP contribution in [-0.4, -0.2) is 40.1 Å². The van der Waals surface area contributed by atoms with Crippen LogP contribution in [0.2, 0.25) is 0 Å². The molecule has 3 heterocycles. The summed E-state index contributed by atoms with van der Waals surface area (Å²) in [5.41, 5.74) is 1.20. The van der Waals surface area contributed by atoms with E-state index in [1.165, 1.54) is 51.0 Å². The van der Waals surface area contributed by atoms with Crippen LogP contribution in [0, 0.1) is 5.92 Å². The molecular formula is C19H27ClN4. The van der Waals surface area contributed by atoms with E-state index < -0.39 is 0 Å². The Hall–Kier alpha value is -1.36. The van der Waals surface area contributed by atoms with E-state index in [0.717, 1.165) is 24.3 Å². The first-order valence-electron chi connectivity index (χ1n) is 8.93. The molecule has 4 rings (SSSR count). The quantitative estimate of drug-likeness (QED) is 0.922. The van der Waals surface area contributed by atoms with E-state index in [1.807, 2.05) is 6.20 Å². The number of nitrogens with zero attached hydrogens (tertiary/aromatic N) is 3. The Morgan fingerprint density at radius 1 is 1.08 bits per heavy atom. The summed E-state index contributed by atoms with van der Waals surface area (Å²) in [5.74, 6) is 2.02. The summed E-state index contributed by atoms with van der Waals surface area (Å²) < 4.78 is 2.21. The van der Waals surface area contributed by atoms with Gasteiger partial charge in [-0.1, -0.05) is 18.2 Å². The van der Waals surface area contributed by atoms with Crippen LogP contribution >= 0.6 is 12.4 Å². The Morgan fingerprint density at radius 3 is 2.58 bits per heavy atom. The van der Waals surface area contributed by atoms with Gasteiger partial charge in [0.05, 0.1) is 6.54 Å². The minimum Gasteiger partial charge on any atom is -0.314 e. The molecule has 2 aliphatic heterocycles. The van der Waals surface area contributed by atoms with E-state index in [0.29, 0.717) is 0 Å². The molecular weight excluding hydrogens is 320 g/mol. The van der Waals surface area contributed by atoms with Crippen molar-refractivity contribution in [3.63, 3.8) is 0 Å². The summed E-state index contributed by atoms with van der Waals surface area (Å²) in [4.78, 5) is 7.15. The van der Waals surface area contributed by atoms with Crippen LogP contribution in [0.1, 0.15) is 31.5 Å². The number of para-hydroxylation sites is 1. The van der Waals surface area contributed by atoms with Gasteiger partial charge in [-0.15, -0.1) is 12.4 Å². The van der Waals surface area contributed by atoms with Crippen LogP contribution in [0.15, 0.2) is 42.7 Å². The molecule has 0 aliphatic carbocycles. The van der Waals surface area contributed by atoms with Gasteiger partial charge in [0.15, 0.2) is 0 Å². The number of rotatable bonds is 4. The number of imidazole rings is 1. The fourth-order valence-electron chi connectivity index (χ4n) is 4.10. The highest BCUT2D eigenvalue weighted by atomic mass is 35.5. The molecule has 0 spiro atoms. The molecule has 5 heteroatoms. The van der Waals surface area contributed by atoms with Gasteiger partial charge in [0, 0.05) is 24.1 Å². The molecule has 1 N–H and O–H groups in total. The van der Waals surface area contributed by atoms with E-state index in [1.54, 1.807) is 0 Å².